The summed E-state index contributed by atoms with van der Waals surface area (Å²) < 4.78 is 0. The van der Waals surface area contributed by atoms with Gasteiger partial charge in [-0.05, 0) is 133 Å². The average molecular weight is 811 g/mol. The fraction of sp³-hybridized carbons (Fsp3) is 0. The first kappa shape index (κ1) is 37.4. The standard InChI is InChI=1S/C64H42/c1-2-15-43(16-3-1)50-21-12-22-51(41-50)57-25-8-9-26-58(57)52-39-40-61-62(42-52)64(49-37-33-47(34-38-49)56-30-14-20-45-18-5-7-24-54(45)56)60-28-11-10-27-59(60)63(61)48-35-31-46(32-36-48)55-29-13-19-44-17-4-6-23-53(44)55/h1-42H. The van der Waals surface area contributed by atoms with E-state index in [2.05, 4.69) is 255 Å². The van der Waals surface area contributed by atoms with Crippen LogP contribution in [0.2, 0.25) is 0 Å². The molecule has 12 aromatic rings. The Kier molecular flexibility index (Phi) is 9.28. The Morgan fingerprint density at radius 3 is 1.09 bits per heavy atom. The van der Waals surface area contributed by atoms with Gasteiger partial charge in [-0.2, -0.15) is 0 Å². The molecule has 0 amide bonds. The summed E-state index contributed by atoms with van der Waals surface area (Å²) in [6.07, 6.45) is 0. The Morgan fingerprint density at radius 2 is 0.516 bits per heavy atom. The molecular formula is C64H42. The summed E-state index contributed by atoms with van der Waals surface area (Å²) in [5.41, 5.74) is 17.1. The van der Waals surface area contributed by atoms with Gasteiger partial charge in [0, 0.05) is 0 Å². The van der Waals surface area contributed by atoms with Crippen molar-refractivity contribution >= 4 is 43.1 Å². The van der Waals surface area contributed by atoms with Gasteiger partial charge in [0.1, 0.15) is 0 Å². The molecule has 0 heterocycles. The van der Waals surface area contributed by atoms with Crippen molar-refractivity contribution in [2.45, 2.75) is 0 Å². The zero-order valence-corrected chi connectivity index (χ0v) is 35.2. The lowest BCUT2D eigenvalue weighted by atomic mass is 9.83. The molecule has 0 aliphatic rings. The van der Waals surface area contributed by atoms with Crippen LogP contribution in [0.1, 0.15) is 0 Å². The molecule has 12 rings (SSSR count). The minimum Gasteiger partial charge on any atom is -0.0622 e. The highest BCUT2D eigenvalue weighted by Crippen LogP contribution is 2.47. The van der Waals surface area contributed by atoms with Crippen LogP contribution in [0.15, 0.2) is 255 Å². The number of benzene rings is 12. The normalized spacial score (nSPS) is 11.4. The fourth-order valence-electron chi connectivity index (χ4n) is 10.0. The lowest BCUT2D eigenvalue weighted by molar-refractivity contribution is 1.57. The highest BCUT2D eigenvalue weighted by atomic mass is 14.2. The Hall–Kier alpha value is -8.32. The fourth-order valence-corrected chi connectivity index (χ4v) is 10.0. The second kappa shape index (κ2) is 15.9. The molecule has 12 aromatic carbocycles. The van der Waals surface area contributed by atoms with Crippen molar-refractivity contribution in [3.8, 4) is 77.9 Å². The van der Waals surface area contributed by atoms with Gasteiger partial charge in [0.05, 0.1) is 0 Å². The maximum Gasteiger partial charge on any atom is -0.00261 e. The van der Waals surface area contributed by atoms with Crippen LogP contribution in [-0.4, -0.2) is 0 Å². The van der Waals surface area contributed by atoms with Crippen molar-refractivity contribution in [3.63, 3.8) is 0 Å². The van der Waals surface area contributed by atoms with E-state index in [1.807, 2.05) is 0 Å². The van der Waals surface area contributed by atoms with Crippen LogP contribution in [0.4, 0.5) is 0 Å². The van der Waals surface area contributed by atoms with Crippen LogP contribution in [0.3, 0.4) is 0 Å². The van der Waals surface area contributed by atoms with E-state index >= 15 is 0 Å². The zero-order valence-electron chi connectivity index (χ0n) is 35.2. The molecule has 0 spiro atoms. The van der Waals surface area contributed by atoms with Crippen molar-refractivity contribution in [3.05, 3.63) is 255 Å². The lowest BCUT2D eigenvalue weighted by Crippen LogP contribution is -1.93. The number of rotatable bonds is 7. The minimum atomic E-state index is 1.19. The van der Waals surface area contributed by atoms with E-state index in [4.69, 9.17) is 0 Å². The van der Waals surface area contributed by atoms with E-state index in [0.717, 1.165) is 0 Å². The van der Waals surface area contributed by atoms with Crippen molar-refractivity contribution in [2.24, 2.45) is 0 Å². The second-order valence-electron chi connectivity index (χ2n) is 16.8. The van der Waals surface area contributed by atoms with Crippen molar-refractivity contribution in [2.75, 3.05) is 0 Å². The van der Waals surface area contributed by atoms with Crippen LogP contribution < -0.4 is 0 Å². The van der Waals surface area contributed by atoms with E-state index in [-0.39, 0.29) is 0 Å². The Balaban J connectivity index is 1.06. The quantitative estimate of drug-likeness (QED) is 0.141. The van der Waals surface area contributed by atoms with Gasteiger partial charge in [-0.1, -0.05) is 243 Å². The smallest absolute Gasteiger partial charge is 0.00261 e. The highest BCUT2D eigenvalue weighted by molar-refractivity contribution is 6.22. The molecular weight excluding hydrogens is 769 g/mol. The summed E-state index contributed by atoms with van der Waals surface area (Å²) >= 11 is 0. The molecule has 0 aromatic heterocycles. The van der Waals surface area contributed by atoms with Gasteiger partial charge >= 0.3 is 0 Å². The summed E-state index contributed by atoms with van der Waals surface area (Å²) in [7, 11) is 0. The first-order valence-electron chi connectivity index (χ1n) is 22.2. The maximum atomic E-state index is 2.45. The number of hydrogen-bond acceptors (Lipinski definition) is 0. The SMILES string of the molecule is c1ccc(-c2cccc(-c3ccccc3-c3ccc4c(-c5ccc(-c6cccc7ccccc67)cc5)c5ccccc5c(-c5ccc(-c6cccc7ccccc67)cc5)c4c3)c2)cc1. The predicted molar refractivity (Wildman–Crippen MR) is 275 cm³/mol. The Morgan fingerprint density at radius 1 is 0.156 bits per heavy atom. The molecule has 0 bridgehead atoms. The van der Waals surface area contributed by atoms with E-state index in [1.165, 1.54) is 121 Å². The molecule has 0 unspecified atom stereocenters. The van der Waals surface area contributed by atoms with Crippen LogP contribution >= 0.6 is 0 Å². The molecule has 0 heteroatoms. The first-order valence-corrected chi connectivity index (χ1v) is 22.2. The Bertz CT molecular complexity index is 3680. The molecule has 0 atom stereocenters. The number of fused-ring (bicyclic) bond motifs is 4. The monoisotopic (exact) mass is 810 g/mol. The maximum absolute atomic E-state index is 2.45. The van der Waals surface area contributed by atoms with E-state index in [9.17, 15) is 0 Å². The lowest BCUT2D eigenvalue weighted by Gasteiger charge is -2.20. The van der Waals surface area contributed by atoms with Crippen LogP contribution in [0.5, 0.6) is 0 Å². The zero-order chi connectivity index (χ0) is 42.4. The minimum absolute atomic E-state index is 1.19. The molecule has 0 radical (unpaired) electrons. The molecule has 0 saturated carbocycles. The van der Waals surface area contributed by atoms with Gasteiger partial charge in [-0.15, -0.1) is 0 Å². The molecule has 64 heavy (non-hydrogen) atoms. The van der Waals surface area contributed by atoms with E-state index in [1.54, 1.807) is 0 Å². The van der Waals surface area contributed by atoms with Crippen molar-refractivity contribution < 1.29 is 0 Å². The van der Waals surface area contributed by atoms with Gasteiger partial charge < -0.3 is 0 Å². The largest absolute Gasteiger partial charge is 0.0622 e. The summed E-state index contributed by atoms with van der Waals surface area (Å²) in [6, 6.07) is 93.6. The first-order chi connectivity index (χ1) is 31.7. The van der Waals surface area contributed by atoms with Crippen molar-refractivity contribution in [1.82, 2.24) is 0 Å². The topological polar surface area (TPSA) is 0 Å². The van der Waals surface area contributed by atoms with Gasteiger partial charge in [-0.25, -0.2) is 0 Å². The summed E-state index contributed by atoms with van der Waals surface area (Å²) in [4.78, 5) is 0. The number of hydrogen-bond donors (Lipinski definition) is 0. The summed E-state index contributed by atoms with van der Waals surface area (Å²) in [5, 5.41) is 9.98. The highest BCUT2D eigenvalue weighted by Gasteiger charge is 2.19. The molecule has 0 nitrogen and oxygen atoms in total. The molecule has 0 aliphatic heterocycles. The van der Waals surface area contributed by atoms with Crippen LogP contribution in [-0.2, 0) is 0 Å². The third-order valence-corrected chi connectivity index (χ3v) is 13.1. The van der Waals surface area contributed by atoms with Gasteiger partial charge in [0.25, 0.3) is 0 Å². The van der Waals surface area contributed by atoms with E-state index in [0.29, 0.717) is 0 Å². The molecule has 0 N–H and O–H groups in total. The van der Waals surface area contributed by atoms with Crippen LogP contribution in [0, 0.1) is 0 Å². The van der Waals surface area contributed by atoms with E-state index < -0.39 is 0 Å². The Labute approximate surface area is 374 Å². The molecule has 0 aliphatic carbocycles. The summed E-state index contributed by atoms with van der Waals surface area (Å²) in [6.45, 7) is 0. The third kappa shape index (κ3) is 6.56. The van der Waals surface area contributed by atoms with Gasteiger partial charge in [0.2, 0.25) is 0 Å². The molecule has 0 fully saturated rings. The van der Waals surface area contributed by atoms with Gasteiger partial charge in [-0.3, -0.25) is 0 Å². The van der Waals surface area contributed by atoms with Gasteiger partial charge in [0.15, 0.2) is 0 Å². The molecule has 0 saturated heterocycles. The van der Waals surface area contributed by atoms with Crippen molar-refractivity contribution in [1.29, 1.82) is 0 Å². The summed E-state index contributed by atoms with van der Waals surface area (Å²) in [5.74, 6) is 0. The molecule has 298 valence electrons. The van der Waals surface area contributed by atoms with Crippen LogP contribution in [0.25, 0.3) is 121 Å². The third-order valence-electron chi connectivity index (χ3n) is 13.1. The predicted octanol–water partition coefficient (Wildman–Crippen LogP) is 18.0. The second-order valence-corrected chi connectivity index (χ2v) is 16.8. The average Bonchev–Trinajstić information content (AvgIpc) is 3.38.